The first-order valence-electron chi connectivity index (χ1n) is 8.21. The summed E-state index contributed by atoms with van der Waals surface area (Å²) in [6.07, 6.45) is 2.27. The van der Waals surface area contributed by atoms with Crippen LogP contribution in [0.2, 0.25) is 0 Å². The van der Waals surface area contributed by atoms with Crippen molar-refractivity contribution in [3.63, 3.8) is 0 Å². The number of aromatic nitrogens is 2. The van der Waals surface area contributed by atoms with E-state index in [9.17, 15) is 5.11 Å². The normalized spacial score (nSPS) is 17.3. The molecule has 3 N–H and O–H groups in total. The molecule has 1 aromatic carbocycles. The molecule has 6 nitrogen and oxygen atoms in total. The molecule has 0 saturated carbocycles. The highest BCUT2D eigenvalue weighted by molar-refractivity contribution is 7.17. The van der Waals surface area contributed by atoms with E-state index in [2.05, 4.69) is 20.8 Å². The SMILES string of the molecule is N#Cc1ccc(-c2nnc(NC3CCCNC3)c3ccsc23)cc1O. The van der Waals surface area contributed by atoms with Gasteiger partial charge in [0, 0.05) is 23.5 Å². The van der Waals surface area contributed by atoms with Crippen molar-refractivity contribution < 1.29 is 5.11 Å². The minimum atomic E-state index is -0.0398. The molecule has 7 heteroatoms. The molecule has 1 aliphatic heterocycles. The summed E-state index contributed by atoms with van der Waals surface area (Å²) >= 11 is 1.60. The van der Waals surface area contributed by atoms with Gasteiger partial charge in [0.2, 0.25) is 0 Å². The number of anilines is 1. The zero-order valence-corrected chi connectivity index (χ0v) is 14.3. The zero-order valence-electron chi connectivity index (χ0n) is 13.5. The van der Waals surface area contributed by atoms with Gasteiger partial charge in [-0.2, -0.15) is 5.26 Å². The summed E-state index contributed by atoms with van der Waals surface area (Å²) in [4.78, 5) is 0. The van der Waals surface area contributed by atoms with Crippen LogP contribution in [0.15, 0.2) is 29.6 Å². The maximum Gasteiger partial charge on any atom is 0.157 e. The molecule has 1 atom stereocenters. The fourth-order valence-electron chi connectivity index (χ4n) is 3.12. The Morgan fingerprint density at radius 1 is 1.32 bits per heavy atom. The van der Waals surface area contributed by atoms with Crippen LogP contribution in [0.5, 0.6) is 5.75 Å². The highest BCUT2D eigenvalue weighted by Crippen LogP contribution is 2.35. The van der Waals surface area contributed by atoms with Crippen molar-refractivity contribution in [2.24, 2.45) is 0 Å². The van der Waals surface area contributed by atoms with E-state index in [0.29, 0.717) is 6.04 Å². The van der Waals surface area contributed by atoms with Crippen molar-refractivity contribution in [1.82, 2.24) is 15.5 Å². The van der Waals surface area contributed by atoms with Crippen molar-refractivity contribution in [1.29, 1.82) is 5.26 Å². The van der Waals surface area contributed by atoms with Gasteiger partial charge >= 0.3 is 0 Å². The number of benzene rings is 1. The van der Waals surface area contributed by atoms with Gasteiger partial charge < -0.3 is 15.7 Å². The average molecular weight is 351 g/mol. The lowest BCUT2D eigenvalue weighted by atomic mass is 10.1. The lowest BCUT2D eigenvalue weighted by Gasteiger charge is -2.24. The van der Waals surface area contributed by atoms with Crippen molar-refractivity contribution in [3.8, 4) is 23.1 Å². The van der Waals surface area contributed by atoms with Crippen LogP contribution in [0.3, 0.4) is 0 Å². The van der Waals surface area contributed by atoms with Crippen LogP contribution in [0.1, 0.15) is 18.4 Å². The van der Waals surface area contributed by atoms with Gasteiger partial charge in [-0.1, -0.05) is 6.07 Å². The number of hydrogen-bond donors (Lipinski definition) is 3. The summed E-state index contributed by atoms with van der Waals surface area (Å²) in [5.41, 5.74) is 1.72. The zero-order chi connectivity index (χ0) is 17.2. The number of piperidine rings is 1. The summed E-state index contributed by atoms with van der Waals surface area (Å²) in [6.45, 7) is 2.00. The molecule has 0 radical (unpaired) electrons. The quantitative estimate of drug-likeness (QED) is 0.671. The molecule has 126 valence electrons. The number of aromatic hydroxyl groups is 1. The van der Waals surface area contributed by atoms with Gasteiger partial charge in [0.1, 0.15) is 17.5 Å². The van der Waals surface area contributed by atoms with Gasteiger partial charge in [-0.3, -0.25) is 0 Å². The first-order chi connectivity index (χ1) is 12.3. The van der Waals surface area contributed by atoms with Crippen LogP contribution < -0.4 is 10.6 Å². The number of fused-ring (bicyclic) bond motifs is 1. The van der Waals surface area contributed by atoms with E-state index in [1.54, 1.807) is 29.5 Å². The smallest absolute Gasteiger partial charge is 0.157 e. The average Bonchev–Trinajstić information content (AvgIpc) is 3.13. The van der Waals surface area contributed by atoms with Gasteiger partial charge in [-0.25, -0.2) is 0 Å². The Hall–Kier alpha value is -2.69. The van der Waals surface area contributed by atoms with Crippen LogP contribution in [0.4, 0.5) is 5.82 Å². The number of nitrogens with one attached hydrogen (secondary N) is 2. The van der Waals surface area contributed by atoms with E-state index in [-0.39, 0.29) is 11.3 Å². The third-order valence-electron chi connectivity index (χ3n) is 4.41. The second kappa shape index (κ2) is 6.67. The molecule has 1 aliphatic rings. The fraction of sp³-hybridized carbons (Fsp3) is 0.278. The van der Waals surface area contributed by atoms with E-state index >= 15 is 0 Å². The predicted octanol–water partition coefficient (Wildman–Crippen LogP) is 3.10. The summed E-state index contributed by atoms with van der Waals surface area (Å²) < 4.78 is 1.02. The van der Waals surface area contributed by atoms with Crippen molar-refractivity contribution >= 4 is 27.2 Å². The standard InChI is InChI=1S/C18H17N5OS/c19-9-12-4-3-11(8-15(12)24)16-17-14(5-7-25-17)18(23-22-16)21-13-2-1-6-20-10-13/h3-5,7-8,13,20,24H,1-2,6,10H2,(H,21,23). The minimum absolute atomic E-state index is 0.0398. The second-order valence-corrected chi connectivity index (χ2v) is 7.01. The highest BCUT2D eigenvalue weighted by Gasteiger charge is 2.18. The number of phenolic OH excluding ortho intramolecular Hbond substituents is 1. The van der Waals surface area contributed by atoms with Crippen LogP contribution in [0, 0.1) is 11.3 Å². The van der Waals surface area contributed by atoms with Gasteiger partial charge in [0.25, 0.3) is 0 Å². The maximum absolute atomic E-state index is 9.96. The third-order valence-corrected chi connectivity index (χ3v) is 5.34. The number of phenols is 1. The van der Waals surface area contributed by atoms with E-state index in [1.165, 1.54) is 0 Å². The molecular weight excluding hydrogens is 334 g/mol. The molecule has 1 unspecified atom stereocenters. The summed E-state index contributed by atoms with van der Waals surface area (Å²) in [6, 6.07) is 9.32. The molecule has 25 heavy (non-hydrogen) atoms. The Morgan fingerprint density at radius 3 is 3.00 bits per heavy atom. The van der Waals surface area contributed by atoms with Crippen molar-refractivity contribution in [3.05, 3.63) is 35.2 Å². The predicted molar refractivity (Wildman–Crippen MR) is 98.7 cm³/mol. The Bertz CT molecular complexity index is 956. The second-order valence-electron chi connectivity index (χ2n) is 6.09. The van der Waals surface area contributed by atoms with E-state index < -0.39 is 0 Å². The van der Waals surface area contributed by atoms with Crippen LogP contribution in [-0.4, -0.2) is 34.4 Å². The number of hydrogen-bond acceptors (Lipinski definition) is 7. The van der Waals surface area contributed by atoms with Crippen LogP contribution in [-0.2, 0) is 0 Å². The molecule has 3 heterocycles. The van der Waals surface area contributed by atoms with Gasteiger partial charge in [0.15, 0.2) is 5.82 Å². The number of thiophene rings is 1. The molecule has 0 bridgehead atoms. The third kappa shape index (κ3) is 3.02. The molecule has 0 aliphatic carbocycles. The summed E-state index contributed by atoms with van der Waals surface area (Å²) in [5, 5.41) is 37.6. The minimum Gasteiger partial charge on any atom is -0.507 e. The molecule has 2 aromatic heterocycles. The van der Waals surface area contributed by atoms with Gasteiger partial charge in [0.05, 0.1) is 10.3 Å². The first kappa shape index (κ1) is 15.8. The number of rotatable bonds is 3. The Morgan fingerprint density at radius 2 is 2.24 bits per heavy atom. The molecular formula is C18H17N5OS. The molecule has 3 aromatic rings. The first-order valence-corrected chi connectivity index (χ1v) is 9.09. The van der Waals surface area contributed by atoms with Crippen molar-refractivity contribution in [2.45, 2.75) is 18.9 Å². The molecule has 1 fully saturated rings. The maximum atomic E-state index is 9.96. The Labute approximate surface area is 149 Å². The van der Waals surface area contributed by atoms with Gasteiger partial charge in [-0.05, 0) is 43.0 Å². The van der Waals surface area contributed by atoms with E-state index in [1.807, 2.05) is 17.5 Å². The highest BCUT2D eigenvalue weighted by atomic mass is 32.1. The Kier molecular flexibility index (Phi) is 4.22. The lowest BCUT2D eigenvalue weighted by Crippen LogP contribution is -2.38. The Balaban J connectivity index is 1.72. The molecule has 0 amide bonds. The number of nitriles is 1. The van der Waals surface area contributed by atoms with Gasteiger partial charge in [-0.15, -0.1) is 21.5 Å². The largest absolute Gasteiger partial charge is 0.507 e. The molecule has 1 saturated heterocycles. The monoisotopic (exact) mass is 351 g/mol. The van der Waals surface area contributed by atoms with E-state index in [0.717, 1.165) is 53.1 Å². The van der Waals surface area contributed by atoms with E-state index in [4.69, 9.17) is 5.26 Å². The fourth-order valence-corrected chi connectivity index (χ4v) is 4.02. The number of nitrogens with zero attached hydrogens (tertiary/aromatic N) is 3. The summed E-state index contributed by atoms with van der Waals surface area (Å²) in [5.74, 6) is 0.758. The summed E-state index contributed by atoms with van der Waals surface area (Å²) in [7, 11) is 0. The lowest BCUT2D eigenvalue weighted by molar-refractivity contribution is 0.474. The van der Waals surface area contributed by atoms with Crippen LogP contribution in [0.25, 0.3) is 21.3 Å². The van der Waals surface area contributed by atoms with Crippen LogP contribution >= 0.6 is 11.3 Å². The molecule has 4 rings (SSSR count). The topological polar surface area (TPSA) is 93.9 Å². The molecule has 0 spiro atoms. The van der Waals surface area contributed by atoms with Crippen molar-refractivity contribution in [2.75, 3.05) is 18.4 Å².